The van der Waals surface area contributed by atoms with Crippen LogP contribution in [-0.4, -0.2) is 28.1 Å². The van der Waals surface area contributed by atoms with E-state index in [0.29, 0.717) is 6.61 Å². The Morgan fingerprint density at radius 2 is 1.53 bits per heavy atom. The summed E-state index contributed by atoms with van der Waals surface area (Å²) in [5.41, 5.74) is 5.47. The van der Waals surface area contributed by atoms with Crippen LogP contribution < -0.4 is 9.64 Å². The summed E-state index contributed by atoms with van der Waals surface area (Å²) in [5, 5.41) is 0. The molecule has 5 rings (SSSR count). The van der Waals surface area contributed by atoms with Crippen LogP contribution in [0.2, 0.25) is 0 Å². The zero-order valence-corrected chi connectivity index (χ0v) is 16.8. The zero-order chi connectivity index (χ0) is 20.3. The molecule has 30 heavy (non-hydrogen) atoms. The van der Waals surface area contributed by atoms with Crippen LogP contribution in [0.3, 0.4) is 0 Å². The lowest BCUT2D eigenvalue weighted by Crippen LogP contribution is -2.35. The van der Waals surface area contributed by atoms with Gasteiger partial charge in [0.05, 0.1) is 35.4 Å². The van der Waals surface area contributed by atoms with Crippen molar-refractivity contribution in [3.63, 3.8) is 0 Å². The van der Waals surface area contributed by atoms with Gasteiger partial charge in [-0.25, -0.2) is 4.98 Å². The summed E-state index contributed by atoms with van der Waals surface area (Å²) in [6.07, 6.45) is 3.57. The predicted molar refractivity (Wildman–Crippen MR) is 118 cm³/mol. The predicted octanol–water partition coefficient (Wildman–Crippen LogP) is 5.17. The van der Waals surface area contributed by atoms with Gasteiger partial charge in [-0.05, 0) is 42.8 Å². The molecule has 0 unspecified atom stereocenters. The fourth-order valence-electron chi connectivity index (χ4n) is 3.88. The molecule has 1 aliphatic heterocycles. The average molecular weight is 394 g/mol. The minimum atomic E-state index is 0.199. The van der Waals surface area contributed by atoms with Gasteiger partial charge in [-0.15, -0.1) is 0 Å². The Kier molecular flexibility index (Phi) is 4.85. The Morgan fingerprint density at radius 1 is 0.833 bits per heavy atom. The number of nitrogens with zero attached hydrogens (tertiary/aromatic N) is 4. The Labute approximate surface area is 176 Å². The molecule has 3 aromatic heterocycles. The molecular weight excluding hydrogens is 372 g/mol. The second kappa shape index (κ2) is 7.95. The third-order valence-corrected chi connectivity index (χ3v) is 5.43. The van der Waals surface area contributed by atoms with Gasteiger partial charge in [0.1, 0.15) is 12.3 Å². The smallest absolute Gasteiger partial charge is 0.170 e. The maximum Gasteiger partial charge on any atom is 0.170 e. The molecular formula is C25H22N4O. The molecule has 0 saturated heterocycles. The summed E-state index contributed by atoms with van der Waals surface area (Å²) < 4.78 is 6.15. The number of hydrogen-bond donors (Lipinski definition) is 0. The van der Waals surface area contributed by atoms with Crippen molar-refractivity contribution in [1.29, 1.82) is 0 Å². The van der Waals surface area contributed by atoms with Gasteiger partial charge in [-0.2, -0.15) is 0 Å². The number of pyridine rings is 3. The first-order valence-electron chi connectivity index (χ1n) is 10.1. The average Bonchev–Trinajstić information content (AvgIpc) is 2.84. The molecule has 0 aliphatic carbocycles. The summed E-state index contributed by atoms with van der Waals surface area (Å²) in [5.74, 6) is 0.780. The van der Waals surface area contributed by atoms with Gasteiger partial charge in [0.25, 0.3) is 0 Å². The highest BCUT2D eigenvalue weighted by molar-refractivity contribution is 5.79. The van der Waals surface area contributed by atoms with Crippen LogP contribution in [0.15, 0.2) is 85.2 Å². The van der Waals surface area contributed by atoms with E-state index in [1.165, 1.54) is 5.56 Å². The topological polar surface area (TPSA) is 51.1 Å². The summed E-state index contributed by atoms with van der Waals surface area (Å²) in [6.45, 7) is 3.64. The molecule has 0 N–H and O–H groups in total. The number of rotatable bonds is 4. The lowest BCUT2D eigenvalue weighted by Gasteiger charge is -2.37. The molecule has 0 radical (unpaired) electrons. The van der Waals surface area contributed by atoms with E-state index < -0.39 is 0 Å². The van der Waals surface area contributed by atoms with Crippen LogP contribution in [0.5, 0.6) is 5.75 Å². The second-order valence-corrected chi connectivity index (χ2v) is 7.26. The van der Waals surface area contributed by atoms with Crippen molar-refractivity contribution in [3.8, 4) is 28.5 Å². The van der Waals surface area contributed by atoms with Crippen molar-refractivity contribution in [1.82, 2.24) is 15.0 Å². The molecule has 0 spiro atoms. The lowest BCUT2D eigenvalue weighted by atomic mass is 10.0. The first kappa shape index (κ1) is 18.3. The van der Waals surface area contributed by atoms with E-state index in [9.17, 15) is 0 Å². The first-order chi connectivity index (χ1) is 14.8. The Balaban J connectivity index is 1.69. The highest BCUT2D eigenvalue weighted by Gasteiger charge is 2.28. The monoisotopic (exact) mass is 394 g/mol. The molecule has 1 atom stereocenters. The van der Waals surface area contributed by atoms with E-state index >= 15 is 0 Å². The number of anilines is 1. The van der Waals surface area contributed by atoms with E-state index in [1.807, 2.05) is 42.5 Å². The number of ether oxygens (including phenoxy) is 1. The minimum absolute atomic E-state index is 0.199. The van der Waals surface area contributed by atoms with Crippen molar-refractivity contribution in [2.24, 2.45) is 0 Å². The summed E-state index contributed by atoms with van der Waals surface area (Å²) in [4.78, 5) is 16.4. The Hall–Kier alpha value is -3.73. The lowest BCUT2D eigenvalue weighted by molar-refractivity contribution is 0.302. The van der Waals surface area contributed by atoms with Gasteiger partial charge in [-0.1, -0.05) is 42.5 Å². The quantitative estimate of drug-likeness (QED) is 0.478. The van der Waals surface area contributed by atoms with Crippen LogP contribution in [0.1, 0.15) is 18.5 Å². The molecule has 0 bridgehead atoms. The maximum atomic E-state index is 6.15. The van der Waals surface area contributed by atoms with Gasteiger partial charge in [0, 0.05) is 12.4 Å². The molecule has 5 heteroatoms. The van der Waals surface area contributed by atoms with E-state index in [4.69, 9.17) is 9.72 Å². The van der Waals surface area contributed by atoms with E-state index in [1.54, 1.807) is 12.4 Å². The number of aromatic nitrogens is 3. The molecule has 1 aliphatic rings. The maximum absolute atomic E-state index is 6.15. The molecule has 1 aromatic carbocycles. The molecule has 4 aromatic rings. The fourth-order valence-corrected chi connectivity index (χ4v) is 3.88. The summed E-state index contributed by atoms with van der Waals surface area (Å²) in [6, 6.07) is 24.5. The van der Waals surface area contributed by atoms with Gasteiger partial charge in [0.15, 0.2) is 5.75 Å². The van der Waals surface area contributed by atoms with Gasteiger partial charge < -0.3 is 9.64 Å². The van der Waals surface area contributed by atoms with Gasteiger partial charge >= 0.3 is 0 Å². The number of benzene rings is 1. The second-order valence-electron chi connectivity index (χ2n) is 7.26. The number of fused-ring (bicyclic) bond motifs is 1. The first-order valence-corrected chi connectivity index (χ1v) is 10.1. The van der Waals surface area contributed by atoms with Crippen molar-refractivity contribution in [3.05, 3.63) is 90.8 Å². The SMILES string of the molecule is C[C@@H](c1ccccc1)N1CCOc2c1cc(-c1ccccn1)nc2-c1ccccn1. The molecule has 0 fully saturated rings. The van der Waals surface area contributed by atoms with E-state index in [-0.39, 0.29) is 6.04 Å². The largest absolute Gasteiger partial charge is 0.487 e. The molecule has 0 saturated carbocycles. The highest BCUT2D eigenvalue weighted by atomic mass is 16.5. The third-order valence-electron chi connectivity index (χ3n) is 5.43. The van der Waals surface area contributed by atoms with Crippen LogP contribution in [0.4, 0.5) is 5.69 Å². The van der Waals surface area contributed by atoms with Crippen molar-refractivity contribution < 1.29 is 4.74 Å². The van der Waals surface area contributed by atoms with E-state index in [2.05, 4.69) is 52.1 Å². The van der Waals surface area contributed by atoms with Crippen molar-refractivity contribution >= 4 is 5.69 Å². The van der Waals surface area contributed by atoms with Crippen molar-refractivity contribution in [2.45, 2.75) is 13.0 Å². The normalized spacial score (nSPS) is 14.0. The van der Waals surface area contributed by atoms with Gasteiger partial charge in [0.2, 0.25) is 0 Å². The third kappa shape index (κ3) is 3.39. The molecule has 4 heterocycles. The summed E-state index contributed by atoms with van der Waals surface area (Å²) in [7, 11) is 0. The highest BCUT2D eigenvalue weighted by Crippen LogP contribution is 2.43. The fraction of sp³-hybridized carbons (Fsp3) is 0.160. The summed E-state index contributed by atoms with van der Waals surface area (Å²) >= 11 is 0. The zero-order valence-electron chi connectivity index (χ0n) is 16.8. The van der Waals surface area contributed by atoms with Crippen molar-refractivity contribution in [2.75, 3.05) is 18.1 Å². The van der Waals surface area contributed by atoms with Crippen LogP contribution in [0.25, 0.3) is 22.8 Å². The Morgan fingerprint density at radius 3 is 2.23 bits per heavy atom. The molecule has 148 valence electrons. The minimum Gasteiger partial charge on any atom is -0.487 e. The standard InChI is InChI=1S/C25H22N4O/c1-18(19-9-3-2-4-10-19)29-15-16-30-25-23(29)17-22(20-11-5-7-13-26-20)28-24(25)21-12-6-8-14-27-21/h2-14,17-18H,15-16H2,1H3/t18-/m0/s1. The van der Waals surface area contributed by atoms with Gasteiger partial charge in [-0.3, -0.25) is 9.97 Å². The van der Waals surface area contributed by atoms with Crippen LogP contribution in [-0.2, 0) is 0 Å². The van der Waals surface area contributed by atoms with Crippen LogP contribution >= 0.6 is 0 Å². The van der Waals surface area contributed by atoms with E-state index in [0.717, 1.165) is 40.8 Å². The molecule has 0 amide bonds. The Bertz CT molecular complexity index is 1130. The van der Waals surface area contributed by atoms with Crippen LogP contribution in [0, 0.1) is 0 Å². The number of hydrogen-bond acceptors (Lipinski definition) is 5. The molecule has 5 nitrogen and oxygen atoms in total.